The van der Waals surface area contributed by atoms with Gasteiger partial charge in [0.1, 0.15) is 5.70 Å². The lowest BCUT2D eigenvalue weighted by molar-refractivity contribution is -0.115. The van der Waals surface area contributed by atoms with Crippen LogP contribution in [-0.4, -0.2) is 11.9 Å². The molecule has 68 valence electrons. The van der Waals surface area contributed by atoms with E-state index in [0.29, 0.717) is 5.70 Å². The van der Waals surface area contributed by atoms with E-state index in [4.69, 9.17) is 0 Å². The fourth-order valence-electron chi connectivity index (χ4n) is 1.23. The summed E-state index contributed by atoms with van der Waals surface area (Å²) < 4.78 is 0. The number of carbonyl (C=O) groups excluding carboxylic acids is 2. The van der Waals surface area contributed by atoms with Crippen LogP contribution in [0.2, 0.25) is 0 Å². The largest absolute Gasteiger partial charge is 0.326 e. The number of nitrogens with one attached hydrogen (secondary N) is 2. The predicted octanol–water partition coefficient (Wildman–Crippen LogP) is 1.08. The molecule has 0 saturated carbocycles. The van der Waals surface area contributed by atoms with Crippen molar-refractivity contribution in [2.24, 2.45) is 0 Å². The summed E-state index contributed by atoms with van der Waals surface area (Å²) in [6, 6.07) is -0.433. The summed E-state index contributed by atoms with van der Waals surface area (Å²) in [7, 11) is 0. The Morgan fingerprint density at radius 3 is 2.62 bits per heavy atom. The maximum atomic E-state index is 11.2. The SMILES string of the molecule is CC1=CCC(=C2NC(=O)NC2=O)S1. The van der Waals surface area contributed by atoms with Gasteiger partial charge in [-0.2, -0.15) is 0 Å². The average Bonchev–Trinajstić information content (AvgIpc) is 2.58. The fraction of sp³-hybridized carbons (Fsp3) is 0.250. The van der Waals surface area contributed by atoms with E-state index < -0.39 is 6.03 Å². The number of imide groups is 1. The predicted molar refractivity (Wildman–Crippen MR) is 49.7 cm³/mol. The number of hydrogen-bond acceptors (Lipinski definition) is 3. The van der Waals surface area contributed by atoms with Gasteiger partial charge in [-0.15, -0.1) is 0 Å². The van der Waals surface area contributed by atoms with Gasteiger partial charge in [-0.3, -0.25) is 10.1 Å². The molecule has 4 nitrogen and oxygen atoms in total. The lowest BCUT2D eigenvalue weighted by Gasteiger charge is -1.99. The van der Waals surface area contributed by atoms with Crippen molar-refractivity contribution in [1.82, 2.24) is 10.6 Å². The van der Waals surface area contributed by atoms with Crippen LogP contribution in [-0.2, 0) is 4.79 Å². The minimum Gasteiger partial charge on any atom is -0.302 e. The molecular formula is C8H8N2O2S. The van der Waals surface area contributed by atoms with Gasteiger partial charge in [0.25, 0.3) is 5.91 Å². The van der Waals surface area contributed by atoms with Crippen molar-refractivity contribution in [3.63, 3.8) is 0 Å². The van der Waals surface area contributed by atoms with Gasteiger partial charge >= 0.3 is 6.03 Å². The average molecular weight is 196 g/mol. The van der Waals surface area contributed by atoms with Crippen LogP contribution in [0.1, 0.15) is 13.3 Å². The number of allylic oxidation sites excluding steroid dienone is 3. The molecule has 2 aliphatic rings. The van der Waals surface area contributed by atoms with E-state index in [1.54, 1.807) is 0 Å². The molecule has 0 bridgehead atoms. The third-order valence-corrected chi connectivity index (χ3v) is 2.94. The molecule has 0 aromatic rings. The van der Waals surface area contributed by atoms with Crippen LogP contribution in [0.15, 0.2) is 21.6 Å². The Bertz CT molecular complexity index is 357. The summed E-state index contributed by atoms with van der Waals surface area (Å²) in [6.45, 7) is 1.98. The van der Waals surface area contributed by atoms with E-state index >= 15 is 0 Å². The van der Waals surface area contributed by atoms with E-state index in [1.165, 1.54) is 11.8 Å². The van der Waals surface area contributed by atoms with E-state index in [-0.39, 0.29) is 5.91 Å². The van der Waals surface area contributed by atoms with Crippen LogP contribution in [0, 0.1) is 0 Å². The second-order valence-corrected chi connectivity index (χ2v) is 4.17. The van der Waals surface area contributed by atoms with Gasteiger partial charge in [-0.05, 0) is 11.8 Å². The molecule has 0 radical (unpaired) electrons. The van der Waals surface area contributed by atoms with Gasteiger partial charge < -0.3 is 5.32 Å². The highest BCUT2D eigenvalue weighted by Crippen LogP contribution is 2.37. The maximum Gasteiger partial charge on any atom is 0.326 e. The van der Waals surface area contributed by atoms with Crippen LogP contribution in [0.25, 0.3) is 0 Å². The summed E-state index contributed by atoms with van der Waals surface area (Å²) in [5.41, 5.74) is 0.406. The molecule has 0 aromatic carbocycles. The molecular weight excluding hydrogens is 188 g/mol. The highest BCUT2D eigenvalue weighted by molar-refractivity contribution is 8.07. The molecule has 5 heteroatoms. The topological polar surface area (TPSA) is 58.2 Å². The second kappa shape index (κ2) is 2.92. The van der Waals surface area contributed by atoms with E-state index in [9.17, 15) is 9.59 Å². The maximum absolute atomic E-state index is 11.2. The van der Waals surface area contributed by atoms with Gasteiger partial charge in [-0.25, -0.2) is 4.79 Å². The number of amides is 3. The zero-order valence-corrected chi connectivity index (χ0v) is 7.83. The molecule has 13 heavy (non-hydrogen) atoms. The molecule has 0 aliphatic carbocycles. The summed E-state index contributed by atoms with van der Waals surface area (Å²) in [6.07, 6.45) is 2.77. The first-order valence-corrected chi connectivity index (χ1v) is 4.68. The first-order chi connectivity index (χ1) is 6.16. The lowest BCUT2D eigenvalue weighted by Crippen LogP contribution is -2.22. The molecule has 3 amide bonds. The van der Waals surface area contributed by atoms with Gasteiger partial charge in [0, 0.05) is 11.3 Å². The Morgan fingerprint density at radius 2 is 2.15 bits per heavy atom. The van der Waals surface area contributed by atoms with Gasteiger partial charge in [-0.1, -0.05) is 17.8 Å². The minimum atomic E-state index is -0.433. The van der Waals surface area contributed by atoms with E-state index in [0.717, 1.165) is 16.2 Å². The highest BCUT2D eigenvalue weighted by Gasteiger charge is 2.27. The second-order valence-electron chi connectivity index (χ2n) is 2.83. The monoisotopic (exact) mass is 196 g/mol. The Balaban J connectivity index is 2.26. The van der Waals surface area contributed by atoms with Crippen LogP contribution >= 0.6 is 11.8 Å². The van der Waals surface area contributed by atoms with Crippen molar-refractivity contribution >= 4 is 23.7 Å². The molecule has 2 N–H and O–H groups in total. The van der Waals surface area contributed by atoms with Crippen molar-refractivity contribution in [2.45, 2.75) is 13.3 Å². The fourth-order valence-corrected chi connectivity index (χ4v) is 2.20. The zero-order valence-electron chi connectivity index (χ0n) is 7.01. The third kappa shape index (κ3) is 1.47. The van der Waals surface area contributed by atoms with Crippen molar-refractivity contribution in [2.75, 3.05) is 0 Å². The third-order valence-electron chi connectivity index (χ3n) is 1.83. The minimum absolute atomic E-state index is 0.324. The molecule has 2 rings (SSSR count). The molecule has 2 aliphatic heterocycles. The van der Waals surface area contributed by atoms with Gasteiger partial charge in [0.2, 0.25) is 0 Å². The van der Waals surface area contributed by atoms with Crippen LogP contribution in [0.3, 0.4) is 0 Å². The lowest BCUT2D eigenvalue weighted by atomic mass is 10.3. The molecule has 0 aromatic heterocycles. The molecule has 1 saturated heterocycles. The van der Waals surface area contributed by atoms with E-state index in [1.807, 2.05) is 13.0 Å². The number of carbonyl (C=O) groups is 2. The Morgan fingerprint density at radius 1 is 1.38 bits per heavy atom. The molecule has 0 spiro atoms. The number of rotatable bonds is 0. The van der Waals surface area contributed by atoms with Gasteiger partial charge in [0.05, 0.1) is 0 Å². The van der Waals surface area contributed by atoms with Crippen molar-refractivity contribution in [3.05, 3.63) is 21.6 Å². The summed E-state index contributed by atoms with van der Waals surface area (Å²) >= 11 is 1.53. The number of urea groups is 1. The zero-order chi connectivity index (χ0) is 9.42. The summed E-state index contributed by atoms with van der Waals surface area (Å²) in [5.74, 6) is -0.324. The number of hydrogen-bond donors (Lipinski definition) is 2. The van der Waals surface area contributed by atoms with Crippen molar-refractivity contribution in [1.29, 1.82) is 0 Å². The summed E-state index contributed by atoms with van der Waals surface area (Å²) in [5, 5.41) is 4.67. The van der Waals surface area contributed by atoms with Crippen LogP contribution in [0.4, 0.5) is 4.79 Å². The molecule has 2 heterocycles. The summed E-state index contributed by atoms with van der Waals surface area (Å²) in [4.78, 5) is 24.1. The Hall–Kier alpha value is -1.23. The van der Waals surface area contributed by atoms with E-state index in [2.05, 4.69) is 10.6 Å². The molecule has 0 unspecified atom stereocenters. The standard InChI is InChI=1S/C8H8N2O2S/c1-4-2-3-5(13-4)6-7(11)10-8(12)9-6/h2H,3H2,1H3,(H2,9,10,11,12). The van der Waals surface area contributed by atoms with Crippen LogP contribution < -0.4 is 10.6 Å². The van der Waals surface area contributed by atoms with Crippen molar-refractivity contribution in [3.8, 4) is 0 Å². The smallest absolute Gasteiger partial charge is 0.302 e. The van der Waals surface area contributed by atoms with Gasteiger partial charge in [0.15, 0.2) is 0 Å². The van der Waals surface area contributed by atoms with Crippen LogP contribution in [0.5, 0.6) is 0 Å². The first kappa shape index (κ1) is 8.37. The quantitative estimate of drug-likeness (QED) is 0.450. The van der Waals surface area contributed by atoms with Crippen molar-refractivity contribution < 1.29 is 9.59 Å². The first-order valence-electron chi connectivity index (χ1n) is 3.87. The molecule has 1 fully saturated rings. The Labute approximate surface area is 79.4 Å². The molecule has 0 atom stereocenters. The normalized spacial score (nSPS) is 27.3. The Kier molecular flexibility index (Phi) is 1.88. The number of thioether (sulfide) groups is 1. The highest BCUT2D eigenvalue weighted by atomic mass is 32.2.